The number of ether oxygens (including phenoxy) is 1. The number of nitrogens with zero attached hydrogens (tertiary/aromatic N) is 1. The Labute approximate surface area is 134 Å². The maximum absolute atomic E-state index is 12.6. The van der Waals surface area contributed by atoms with E-state index in [1.165, 1.54) is 12.1 Å². The van der Waals surface area contributed by atoms with Gasteiger partial charge in [0.25, 0.3) is 0 Å². The zero-order chi connectivity index (χ0) is 16.8. The van der Waals surface area contributed by atoms with Crippen LogP contribution < -0.4 is 0 Å². The van der Waals surface area contributed by atoms with Crippen LogP contribution in [0.4, 0.5) is 0 Å². The molecule has 0 saturated heterocycles. The smallest absolute Gasteiger partial charge is 0.210 e. The number of hydrogen-bond acceptors (Lipinski definition) is 5. The van der Waals surface area contributed by atoms with E-state index in [1.54, 1.807) is 38.4 Å². The maximum atomic E-state index is 12.6. The van der Waals surface area contributed by atoms with Gasteiger partial charge in [0.1, 0.15) is 5.76 Å². The second-order valence-corrected chi connectivity index (χ2v) is 7.94. The number of carbonyl (C=O) groups excluding carboxylic acids is 1. The zero-order valence-corrected chi connectivity index (χ0v) is 13.8. The molecule has 0 amide bonds. The lowest BCUT2D eigenvalue weighted by atomic mass is 9.94. The van der Waals surface area contributed by atoms with E-state index in [9.17, 15) is 13.2 Å². The fourth-order valence-electron chi connectivity index (χ4n) is 2.46. The van der Waals surface area contributed by atoms with Crippen LogP contribution in [0.15, 0.2) is 41.6 Å². The van der Waals surface area contributed by atoms with Gasteiger partial charge in [-0.25, -0.2) is 8.42 Å². The number of sulfone groups is 1. The number of carbonyl (C=O) groups is 1. The van der Waals surface area contributed by atoms with Gasteiger partial charge < -0.3 is 4.74 Å². The highest BCUT2D eigenvalue weighted by molar-refractivity contribution is 7.90. The summed E-state index contributed by atoms with van der Waals surface area (Å²) >= 11 is 0. The van der Waals surface area contributed by atoms with Crippen LogP contribution in [0.25, 0.3) is 11.3 Å². The standard InChI is InChI=1S/C16H16N2O4S/c1-16(2)15(19)13(11-8-17-18-9-11)14(22-16)10-4-6-12(7-5-10)23(3,20)21/h4-9H,1-3H3,(H,17,18). The predicted octanol–water partition coefficient (Wildman–Crippen LogP) is 2.06. The highest BCUT2D eigenvalue weighted by atomic mass is 32.2. The summed E-state index contributed by atoms with van der Waals surface area (Å²) in [6.07, 6.45) is 4.34. The Balaban J connectivity index is 2.13. The Morgan fingerprint density at radius 3 is 2.30 bits per heavy atom. The van der Waals surface area contributed by atoms with E-state index in [0.717, 1.165) is 6.26 Å². The number of nitrogens with one attached hydrogen (secondary N) is 1. The van der Waals surface area contributed by atoms with Crippen LogP contribution in [0.3, 0.4) is 0 Å². The molecule has 0 fully saturated rings. The molecule has 1 aromatic heterocycles. The molecular formula is C16H16N2O4S. The molecule has 7 heteroatoms. The normalized spacial score (nSPS) is 17.4. The van der Waals surface area contributed by atoms with Crippen LogP contribution in [-0.2, 0) is 19.4 Å². The van der Waals surface area contributed by atoms with E-state index in [2.05, 4.69) is 10.2 Å². The summed E-state index contributed by atoms with van der Waals surface area (Å²) in [4.78, 5) is 12.8. The second kappa shape index (κ2) is 5.06. The molecule has 0 unspecified atom stereocenters. The SMILES string of the molecule is CC1(C)OC(c2ccc(S(C)(=O)=O)cc2)=C(c2cn[nH]c2)C1=O. The van der Waals surface area contributed by atoms with E-state index in [0.29, 0.717) is 22.5 Å². The van der Waals surface area contributed by atoms with Gasteiger partial charge in [0.15, 0.2) is 15.4 Å². The summed E-state index contributed by atoms with van der Waals surface area (Å²) in [5.74, 6) is 0.294. The van der Waals surface area contributed by atoms with Gasteiger partial charge in [-0.05, 0) is 38.1 Å². The van der Waals surface area contributed by atoms with Crippen molar-refractivity contribution in [2.75, 3.05) is 6.26 Å². The Bertz CT molecular complexity index is 892. The minimum absolute atomic E-state index is 0.138. The van der Waals surface area contributed by atoms with Crippen molar-refractivity contribution in [2.45, 2.75) is 24.3 Å². The van der Waals surface area contributed by atoms with Crippen molar-refractivity contribution in [1.29, 1.82) is 0 Å². The maximum Gasteiger partial charge on any atom is 0.210 e. The van der Waals surface area contributed by atoms with Crippen LogP contribution in [0.5, 0.6) is 0 Å². The van der Waals surface area contributed by atoms with Crippen LogP contribution in [0.1, 0.15) is 25.0 Å². The zero-order valence-electron chi connectivity index (χ0n) is 13.0. The van der Waals surface area contributed by atoms with Crippen molar-refractivity contribution in [3.05, 3.63) is 47.8 Å². The summed E-state index contributed by atoms with van der Waals surface area (Å²) < 4.78 is 29.0. The lowest BCUT2D eigenvalue weighted by Crippen LogP contribution is -2.29. The minimum atomic E-state index is -3.27. The number of aromatic nitrogens is 2. The quantitative estimate of drug-likeness (QED) is 0.929. The number of ketones is 1. The highest BCUT2D eigenvalue weighted by Gasteiger charge is 2.43. The van der Waals surface area contributed by atoms with E-state index < -0.39 is 15.4 Å². The molecule has 1 aromatic carbocycles. The van der Waals surface area contributed by atoms with Crippen molar-refractivity contribution in [3.63, 3.8) is 0 Å². The molecule has 0 saturated carbocycles. The van der Waals surface area contributed by atoms with E-state index >= 15 is 0 Å². The van der Waals surface area contributed by atoms with Crippen molar-refractivity contribution < 1.29 is 17.9 Å². The molecule has 1 N–H and O–H groups in total. The Morgan fingerprint density at radius 1 is 1.13 bits per heavy atom. The Hall–Kier alpha value is -2.41. The fourth-order valence-corrected chi connectivity index (χ4v) is 3.09. The molecule has 1 aliphatic heterocycles. The number of Topliss-reactive ketones (excluding diaryl/α,β-unsaturated/α-hetero) is 1. The minimum Gasteiger partial charge on any atom is -0.478 e. The van der Waals surface area contributed by atoms with Crippen LogP contribution in [0, 0.1) is 0 Å². The Kier molecular flexibility index (Phi) is 3.40. The molecule has 0 spiro atoms. The average molecular weight is 332 g/mol. The van der Waals surface area contributed by atoms with Gasteiger partial charge >= 0.3 is 0 Å². The molecule has 6 nitrogen and oxygen atoms in total. The van der Waals surface area contributed by atoms with E-state index in [-0.39, 0.29) is 10.7 Å². The molecule has 1 aliphatic rings. The van der Waals surface area contributed by atoms with Gasteiger partial charge in [-0.2, -0.15) is 5.10 Å². The monoisotopic (exact) mass is 332 g/mol. The lowest BCUT2D eigenvalue weighted by Gasteiger charge is -2.17. The Morgan fingerprint density at radius 2 is 1.78 bits per heavy atom. The third-order valence-electron chi connectivity index (χ3n) is 3.69. The summed E-state index contributed by atoms with van der Waals surface area (Å²) in [6, 6.07) is 6.29. The fraction of sp³-hybridized carbons (Fsp3) is 0.250. The molecule has 0 radical (unpaired) electrons. The van der Waals surface area contributed by atoms with Crippen LogP contribution in [-0.4, -0.2) is 36.3 Å². The first-order valence-corrected chi connectivity index (χ1v) is 8.87. The molecular weight excluding hydrogens is 316 g/mol. The number of hydrogen-bond donors (Lipinski definition) is 1. The molecule has 2 heterocycles. The third-order valence-corrected chi connectivity index (χ3v) is 4.82. The topological polar surface area (TPSA) is 89.1 Å². The molecule has 2 aromatic rings. The van der Waals surface area contributed by atoms with Crippen molar-refractivity contribution in [1.82, 2.24) is 10.2 Å². The van der Waals surface area contributed by atoms with Gasteiger partial charge in [-0.1, -0.05) is 0 Å². The molecule has 0 bridgehead atoms. The van der Waals surface area contributed by atoms with Crippen molar-refractivity contribution >= 4 is 27.0 Å². The van der Waals surface area contributed by atoms with Gasteiger partial charge in [0.05, 0.1) is 16.7 Å². The number of benzene rings is 1. The molecule has 3 rings (SSSR count). The first-order chi connectivity index (χ1) is 10.7. The van der Waals surface area contributed by atoms with E-state index in [1.807, 2.05) is 0 Å². The number of aromatic amines is 1. The first-order valence-electron chi connectivity index (χ1n) is 6.98. The lowest BCUT2D eigenvalue weighted by molar-refractivity contribution is -0.125. The number of rotatable bonds is 3. The summed E-state index contributed by atoms with van der Waals surface area (Å²) in [6.45, 7) is 3.40. The molecule has 120 valence electrons. The predicted molar refractivity (Wildman–Crippen MR) is 85.1 cm³/mol. The first kappa shape index (κ1) is 15.5. The summed E-state index contributed by atoms with van der Waals surface area (Å²) in [7, 11) is -3.27. The van der Waals surface area contributed by atoms with E-state index in [4.69, 9.17) is 4.74 Å². The highest BCUT2D eigenvalue weighted by Crippen LogP contribution is 2.41. The molecule has 0 aliphatic carbocycles. The number of H-pyrrole nitrogens is 1. The van der Waals surface area contributed by atoms with Gasteiger partial charge in [-0.3, -0.25) is 9.89 Å². The van der Waals surface area contributed by atoms with Gasteiger partial charge in [0, 0.05) is 23.6 Å². The van der Waals surface area contributed by atoms with Gasteiger partial charge in [-0.15, -0.1) is 0 Å². The third kappa shape index (κ3) is 2.68. The average Bonchev–Trinajstić information content (AvgIpc) is 3.06. The summed E-state index contributed by atoms with van der Waals surface area (Å²) in [5.41, 5.74) is 0.753. The van der Waals surface area contributed by atoms with Crippen LogP contribution >= 0.6 is 0 Å². The second-order valence-electron chi connectivity index (χ2n) is 5.93. The molecule has 0 atom stereocenters. The van der Waals surface area contributed by atoms with Gasteiger partial charge in [0.2, 0.25) is 5.78 Å². The molecule has 23 heavy (non-hydrogen) atoms. The van der Waals surface area contributed by atoms with Crippen molar-refractivity contribution in [2.24, 2.45) is 0 Å². The van der Waals surface area contributed by atoms with Crippen molar-refractivity contribution in [3.8, 4) is 0 Å². The largest absolute Gasteiger partial charge is 0.478 e. The van der Waals surface area contributed by atoms with Crippen LogP contribution in [0.2, 0.25) is 0 Å². The summed E-state index contributed by atoms with van der Waals surface area (Å²) in [5, 5.41) is 6.56.